The molecule has 0 aromatic heterocycles. The van der Waals surface area contributed by atoms with Gasteiger partial charge in [0.05, 0.1) is 0 Å². The topological polar surface area (TPSA) is 49.4 Å². The first kappa shape index (κ1) is 19.2. The molecule has 0 radical (unpaired) electrons. The Kier molecular flexibility index (Phi) is 5.94. The van der Waals surface area contributed by atoms with E-state index < -0.39 is 0 Å². The fraction of sp³-hybridized carbons (Fsp3) is 0.391. The van der Waals surface area contributed by atoms with Crippen molar-refractivity contribution in [3.05, 3.63) is 59.7 Å². The zero-order valence-corrected chi connectivity index (χ0v) is 16.4. The summed E-state index contributed by atoms with van der Waals surface area (Å²) < 4.78 is 0. The third kappa shape index (κ3) is 4.38. The summed E-state index contributed by atoms with van der Waals surface area (Å²) >= 11 is 0. The van der Waals surface area contributed by atoms with Gasteiger partial charge in [0, 0.05) is 30.3 Å². The van der Waals surface area contributed by atoms with Gasteiger partial charge in [-0.15, -0.1) is 0 Å². The maximum Gasteiger partial charge on any atom is 0.229 e. The van der Waals surface area contributed by atoms with Crippen LogP contribution in [-0.2, 0) is 9.59 Å². The summed E-state index contributed by atoms with van der Waals surface area (Å²) in [6.45, 7) is 4.07. The number of rotatable bonds is 4. The molecule has 2 aromatic rings. The normalized spacial score (nSPS) is 19.4. The van der Waals surface area contributed by atoms with Gasteiger partial charge in [0.25, 0.3) is 0 Å². The summed E-state index contributed by atoms with van der Waals surface area (Å²) in [6, 6.07) is 15.7. The molecule has 0 unspecified atom stereocenters. The highest BCUT2D eigenvalue weighted by atomic mass is 16.2. The predicted octanol–water partition coefficient (Wildman–Crippen LogP) is 4.71. The highest BCUT2D eigenvalue weighted by Gasteiger charge is 2.31. The van der Waals surface area contributed by atoms with Crippen LogP contribution in [0.4, 0.5) is 11.4 Å². The minimum absolute atomic E-state index is 0.0000352. The van der Waals surface area contributed by atoms with E-state index in [4.69, 9.17) is 0 Å². The lowest BCUT2D eigenvalue weighted by molar-refractivity contribution is -0.126. The lowest BCUT2D eigenvalue weighted by Gasteiger charge is -2.30. The van der Waals surface area contributed by atoms with E-state index in [-0.39, 0.29) is 23.7 Å². The lowest BCUT2D eigenvalue weighted by Crippen LogP contribution is -2.36. The molecule has 4 heteroatoms. The maximum absolute atomic E-state index is 12.8. The van der Waals surface area contributed by atoms with Gasteiger partial charge in [-0.1, -0.05) is 30.3 Å². The van der Waals surface area contributed by atoms with Gasteiger partial charge in [-0.05, 0) is 68.9 Å². The zero-order chi connectivity index (χ0) is 19.4. The van der Waals surface area contributed by atoms with Crippen molar-refractivity contribution in [1.82, 2.24) is 0 Å². The molecule has 1 aliphatic rings. The Morgan fingerprint density at radius 3 is 2.19 bits per heavy atom. The van der Waals surface area contributed by atoms with Crippen LogP contribution in [0, 0.1) is 25.7 Å². The van der Waals surface area contributed by atoms with E-state index in [2.05, 4.69) is 5.32 Å². The molecule has 0 spiro atoms. The number of carbonyl (C=O) groups is 2. The van der Waals surface area contributed by atoms with Gasteiger partial charge in [-0.2, -0.15) is 0 Å². The molecule has 0 saturated heterocycles. The summed E-state index contributed by atoms with van der Waals surface area (Å²) in [5.74, 6) is 0.205. The van der Waals surface area contributed by atoms with E-state index in [1.54, 1.807) is 4.90 Å². The standard InChI is InChI=1S/C23H28N2O2/c1-16-8-7-11-21(17(16)2)24-22(26)18-12-14-19(15-13-18)23(27)25(3)20-9-5-4-6-10-20/h4-11,18-19H,12-15H2,1-3H3,(H,24,26). The van der Waals surface area contributed by atoms with Crippen LogP contribution in [0.1, 0.15) is 36.8 Å². The third-order valence-corrected chi connectivity index (χ3v) is 5.78. The molecule has 1 fully saturated rings. The van der Waals surface area contributed by atoms with Gasteiger partial charge >= 0.3 is 0 Å². The van der Waals surface area contributed by atoms with Gasteiger partial charge in [0.1, 0.15) is 0 Å². The Balaban J connectivity index is 1.56. The first-order valence-corrected chi connectivity index (χ1v) is 9.67. The van der Waals surface area contributed by atoms with E-state index in [0.29, 0.717) is 0 Å². The molecule has 142 valence electrons. The SMILES string of the molecule is Cc1cccc(NC(=O)C2CCC(C(=O)N(C)c3ccccc3)CC2)c1C. The Morgan fingerprint density at radius 1 is 0.889 bits per heavy atom. The zero-order valence-electron chi connectivity index (χ0n) is 16.4. The summed E-state index contributed by atoms with van der Waals surface area (Å²) in [6.07, 6.45) is 3.05. The maximum atomic E-state index is 12.8. The van der Waals surface area contributed by atoms with Crippen LogP contribution in [0.2, 0.25) is 0 Å². The Bertz CT molecular complexity index is 808. The smallest absolute Gasteiger partial charge is 0.229 e. The van der Waals surface area contributed by atoms with Crippen molar-refractivity contribution >= 4 is 23.2 Å². The highest BCUT2D eigenvalue weighted by molar-refractivity contribution is 5.96. The summed E-state index contributed by atoms with van der Waals surface area (Å²) in [5.41, 5.74) is 4.09. The van der Waals surface area contributed by atoms with Crippen molar-refractivity contribution in [3.63, 3.8) is 0 Å². The monoisotopic (exact) mass is 364 g/mol. The first-order chi connectivity index (χ1) is 13.0. The van der Waals surface area contributed by atoms with Crippen molar-refractivity contribution in [1.29, 1.82) is 0 Å². The molecule has 4 nitrogen and oxygen atoms in total. The molecular formula is C23H28N2O2. The minimum atomic E-state index is -0.0176. The largest absolute Gasteiger partial charge is 0.326 e. The molecule has 0 aliphatic heterocycles. The molecule has 1 saturated carbocycles. The number of anilines is 2. The van der Waals surface area contributed by atoms with E-state index in [1.807, 2.05) is 69.4 Å². The fourth-order valence-corrected chi connectivity index (χ4v) is 3.78. The van der Waals surface area contributed by atoms with Crippen LogP contribution in [0.5, 0.6) is 0 Å². The van der Waals surface area contributed by atoms with Gasteiger partial charge in [0.2, 0.25) is 11.8 Å². The number of hydrogen-bond donors (Lipinski definition) is 1. The summed E-state index contributed by atoms with van der Waals surface area (Å²) in [7, 11) is 1.83. The van der Waals surface area contributed by atoms with Crippen molar-refractivity contribution in [2.45, 2.75) is 39.5 Å². The van der Waals surface area contributed by atoms with Crippen LogP contribution < -0.4 is 10.2 Å². The molecule has 1 N–H and O–H groups in total. The predicted molar refractivity (Wildman–Crippen MR) is 110 cm³/mol. The van der Waals surface area contributed by atoms with Crippen molar-refractivity contribution in [2.24, 2.45) is 11.8 Å². The van der Waals surface area contributed by atoms with Gasteiger partial charge < -0.3 is 10.2 Å². The Morgan fingerprint density at radius 2 is 1.52 bits per heavy atom. The average molecular weight is 364 g/mol. The van der Waals surface area contributed by atoms with E-state index in [1.165, 1.54) is 5.56 Å². The summed E-state index contributed by atoms with van der Waals surface area (Å²) in [5, 5.41) is 3.08. The van der Waals surface area contributed by atoms with Gasteiger partial charge in [-0.3, -0.25) is 9.59 Å². The molecular weight excluding hydrogens is 336 g/mol. The number of para-hydroxylation sites is 1. The molecule has 1 aliphatic carbocycles. The fourth-order valence-electron chi connectivity index (χ4n) is 3.78. The van der Waals surface area contributed by atoms with Gasteiger partial charge in [0.15, 0.2) is 0 Å². The van der Waals surface area contributed by atoms with Crippen LogP contribution in [0.3, 0.4) is 0 Å². The molecule has 0 heterocycles. The number of benzene rings is 2. The van der Waals surface area contributed by atoms with Crippen LogP contribution in [0.25, 0.3) is 0 Å². The second-order valence-electron chi connectivity index (χ2n) is 7.52. The Labute approximate surface area is 161 Å². The number of carbonyl (C=O) groups excluding carboxylic acids is 2. The second-order valence-corrected chi connectivity index (χ2v) is 7.52. The first-order valence-electron chi connectivity index (χ1n) is 9.67. The number of hydrogen-bond acceptors (Lipinski definition) is 2. The highest BCUT2D eigenvalue weighted by Crippen LogP contribution is 2.32. The van der Waals surface area contributed by atoms with E-state index in [0.717, 1.165) is 42.6 Å². The lowest BCUT2D eigenvalue weighted by atomic mass is 9.81. The number of nitrogens with zero attached hydrogens (tertiary/aromatic N) is 1. The third-order valence-electron chi connectivity index (χ3n) is 5.78. The average Bonchev–Trinajstić information content (AvgIpc) is 2.71. The molecule has 2 amide bonds. The molecule has 3 rings (SSSR count). The quantitative estimate of drug-likeness (QED) is 0.854. The Hall–Kier alpha value is -2.62. The van der Waals surface area contributed by atoms with Crippen molar-refractivity contribution in [2.75, 3.05) is 17.3 Å². The minimum Gasteiger partial charge on any atom is -0.326 e. The molecule has 0 atom stereocenters. The number of nitrogens with one attached hydrogen (secondary N) is 1. The van der Waals surface area contributed by atoms with Crippen LogP contribution >= 0.6 is 0 Å². The van der Waals surface area contributed by atoms with E-state index >= 15 is 0 Å². The summed E-state index contributed by atoms with van der Waals surface area (Å²) in [4.78, 5) is 27.2. The van der Waals surface area contributed by atoms with E-state index in [9.17, 15) is 9.59 Å². The number of amides is 2. The van der Waals surface area contributed by atoms with Crippen LogP contribution in [-0.4, -0.2) is 18.9 Å². The number of aryl methyl sites for hydroxylation is 1. The van der Waals surface area contributed by atoms with Crippen molar-refractivity contribution in [3.8, 4) is 0 Å². The van der Waals surface area contributed by atoms with Gasteiger partial charge in [-0.25, -0.2) is 0 Å². The second kappa shape index (κ2) is 8.38. The van der Waals surface area contributed by atoms with Crippen molar-refractivity contribution < 1.29 is 9.59 Å². The molecule has 2 aromatic carbocycles. The van der Waals surface area contributed by atoms with Crippen LogP contribution in [0.15, 0.2) is 48.5 Å². The molecule has 0 bridgehead atoms. The molecule has 27 heavy (non-hydrogen) atoms.